The highest BCUT2D eigenvalue weighted by Crippen LogP contribution is 2.36. The lowest BCUT2D eigenvalue weighted by molar-refractivity contribution is -0.112. The number of hydrogen-bond acceptors (Lipinski definition) is 3. The number of benzene rings is 3. The minimum absolute atomic E-state index is 0.185. The second kappa shape index (κ2) is 8.51. The molecule has 6 nitrogen and oxygen atoms in total. The van der Waals surface area contributed by atoms with Gasteiger partial charge in [-0.25, -0.2) is 0 Å². The lowest BCUT2D eigenvalue weighted by atomic mass is 10.0. The zero-order chi connectivity index (χ0) is 22.8. The smallest absolute Gasteiger partial charge is 0.256 e. The van der Waals surface area contributed by atoms with Gasteiger partial charge in [0.1, 0.15) is 5.75 Å². The number of amides is 2. The number of aromatic nitrogens is 1. The molecular formula is C27H21N3O3. The van der Waals surface area contributed by atoms with Crippen molar-refractivity contribution in [3.8, 4) is 5.75 Å². The van der Waals surface area contributed by atoms with Crippen molar-refractivity contribution in [1.82, 2.24) is 4.98 Å². The predicted octanol–water partition coefficient (Wildman–Crippen LogP) is 5.32. The summed E-state index contributed by atoms with van der Waals surface area (Å²) in [7, 11) is 1.62. The third-order valence-corrected chi connectivity index (χ3v) is 5.52. The van der Waals surface area contributed by atoms with Gasteiger partial charge in [0.15, 0.2) is 0 Å². The Morgan fingerprint density at radius 2 is 1.88 bits per heavy atom. The number of H-pyrrole nitrogens is 1. The van der Waals surface area contributed by atoms with Crippen LogP contribution in [0.15, 0.2) is 79.0 Å². The van der Waals surface area contributed by atoms with Crippen LogP contribution in [-0.4, -0.2) is 23.9 Å². The Labute approximate surface area is 190 Å². The Morgan fingerprint density at radius 3 is 2.70 bits per heavy atom. The fourth-order valence-electron chi connectivity index (χ4n) is 3.85. The van der Waals surface area contributed by atoms with E-state index in [1.165, 1.54) is 6.08 Å². The van der Waals surface area contributed by atoms with Gasteiger partial charge in [-0.2, -0.15) is 0 Å². The SMILES string of the molecule is COc1ccc2[nH]cc(C=C3C(=O)Nc4ccc(NC(=O)/C=C\c5ccccc5)cc43)c2c1. The molecule has 5 rings (SSSR count). The summed E-state index contributed by atoms with van der Waals surface area (Å²) in [6.45, 7) is 0. The Bertz CT molecular complexity index is 1430. The average molecular weight is 435 g/mol. The molecule has 0 radical (unpaired) electrons. The van der Waals surface area contributed by atoms with Gasteiger partial charge in [0.25, 0.3) is 5.91 Å². The number of nitrogens with one attached hydrogen (secondary N) is 3. The molecule has 0 saturated heterocycles. The van der Waals surface area contributed by atoms with Crippen molar-refractivity contribution >= 4 is 51.8 Å². The largest absolute Gasteiger partial charge is 0.497 e. The van der Waals surface area contributed by atoms with Crippen molar-refractivity contribution in [2.24, 2.45) is 0 Å². The van der Waals surface area contributed by atoms with Crippen LogP contribution in [0.25, 0.3) is 28.6 Å². The molecule has 1 aromatic heterocycles. The van der Waals surface area contributed by atoms with Gasteiger partial charge >= 0.3 is 0 Å². The van der Waals surface area contributed by atoms with Gasteiger partial charge < -0.3 is 20.4 Å². The van der Waals surface area contributed by atoms with Gasteiger partial charge in [-0.15, -0.1) is 0 Å². The van der Waals surface area contributed by atoms with Crippen molar-refractivity contribution in [2.45, 2.75) is 0 Å². The van der Waals surface area contributed by atoms with Gasteiger partial charge in [0.05, 0.1) is 7.11 Å². The zero-order valence-corrected chi connectivity index (χ0v) is 17.9. The van der Waals surface area contributed by atoms with E-state index in [1.807, 2.05) is 66.9 Å². The number of hydrogen-bond donors (Lipinski definition) is 3. The molecule has 33 heavy (non-hydrogen) atoms. The molecule has 0 unspecified atom stereocenters. The molecule has 1 aliphatic heterocycles. The molecule has 2 heterocycles. The first-order valence-electron chi connectivity index (χ1n) is 10.5. The van der Waals surface area contributed by atoms with Crippen LogP contribution < -0.4 is 15.4 Å². The molecule has 0 fully saturated rings. The molecule has 4 aromatic rings. The van der Waals surface area contributed by atoms with Crippen LogP contribution in [0.2, 0.25) is 0 Å². The molecule has 2 amide bonds. The van der Waals surface area contributed by atoms with E-state index in [2.05, 4.69) is 15.6 Å². The fraction of sp³-hybridized carbons (Fsp3) is 0.0370. The van der Waals surface area contributed by atoms with Crippen molar-refractivity contribution in [3.05, 3.63) is 95.7 Å². The summed E-state index contributed by atoms with van der Waals surface area (Å²) in [5.74, 6) is 0.312. The van der Waals surface area contributed by atoms with Crippen molar-refractivity contribution in [1.29, 1.82) is 0 Å². The molecule has 0 atom stereocenters. The Kier molecular flexibility index (Phi) is 5.24. The summed E-state index contributed by atoms with van der Waals surface area (Å²) in [6.07, 6.45) is 6.95. The van der Waals surface area contributed by atoms with Crippen molar-refractivity contribution in [2.75, 3.05) is 17.7 Å². The Balaban J connectivity index is 1.43. The molecule has 6 heteroatoms. The molecule has 162 valence electrons. The maximum Gasteiger partial charge on any atom is 0.256 e. The van der Waals surface area contributed by atoms with Crippen LogP contribution in [0.4, 0.5) is 11.4 Å². The predicted molar refractivity (Wildman–Crippen MR) is 132 cm³/mol. The van der Waals surface area contributed by atoms with Gasteiger partial charge in [0.2, 0.25) is 5.91 Å². The topological polar surface area (TPSA) is 83.2 Å². The highest BCUT2D eigenvalue weighted by atomic mass is 16.5. The maximum atomic E-state index is 12.7. The van der Waals surface area contributed by atoms with Crippen LogP contribution in [-0.2, 0) is 9.59 Å². The van der Waals surface area contributed by atoms with E-state index in [-0.39, 0.29) is 11.8 Å². The van der Waals surface area contributed by atoms with Crippen LogP contribution in [0.1, 0.15) is 16.7 Å². The second-order valence-electron chi connectivity index (χ2n) is 7.66. The third-order valence-electron chi connectivity index (χ3n) is 5.52. The molecule has 0 aliphatic carbocycles. The summed E-state index contributed by atoms with van der Waals surface area (Å²) in [4.78, 5) is 28.3. The van der Waals surface area contributed by atoms with E-state index >= 15 is 0 Å². The third kappa shape index (κ3) is 4.14. The molecule has 0 saturated carbocycles. The number of carbonyl (C=O) groups is 2. The van der Waals surface area contributed by atoms with E-state index < -0.39 is 0 Å². The number of fused-ring (bicyclic) bond motifs is 2. The van der Waals surface area contributed by atoms with Crippen LogP contribution >= 0.6 is 0 Å². The first-order valence-corrected chi connectivity index (χ1v) is 10.5. The summed E-state index contributed by atoms with van der Waals surface area (Å²) in [5, 5.41) is 6.71. The van der Waals surface area contributed by atoms with Crippen LogP contribution in [0.3, 0.4) is 0 Å². The number of rotatable bonds is 5. The summed E-state index contributed by atoms with van der Waals surface area (Å²) in [6, 6.07) is 20.7. The van der Waals surface area contributed by atoms with Crippen molar-refractivity contribution < 1.29 is 14.3 Å². The number of aromatic amines is 1. The quantitative estimate of drug-likeness (QED) is 0.371. The van der Waals surface area contributed by atoms with E-state index in [4.69, 9.17) is 4.74 Å². The second-order valence-corrected chi connectivity index (χ2v) is 7.66. The van der Waals surface area contributed by atoms with E-state index in [0.717, 1.165) is 33.3 Å². The van der Waals surface area contributed by atoms with Crippen LogP contribution in [0.5, 0.6) is 5.75 Å². The maximum absolute atomic E-state index is 12.7. The lowest BCUT2D eigenvalue weighted by Gasteiger charge is -2.05. The number of methoxy groups -OCH3 is 1. The van der Waals surface area contributed by atoms with Gasteiger partial charge in [0, 0.05) is 51.3 Å². The zero-order valence-electron chi connectivity index (χ0n) is 17.9. The van der Waals surface area contributed by atoms with Gasteiger partial charge in [-0.3, -0.25) is 9.59 Å². The van der Waals surface area contributed by atoms with E-state index in [9.17, 15) is 9.59 Å². The number of carbonyl (C=O) groups excluding carboxylic acids is 2. The summed E-state index contributed by atoms with van der Waals surface area (Å²) < 4.78 is 5.34. The van der Waals surface area contributed by atoms with Crippen molar-refractivity contribution in [3.63, 3.8) is 0 Å². The number of anilines is 2. The minimum Gasteiger partial charge on any atom is -0.497 e. The number of ether oxygens (including phenoxy) is 1. The van der Waals surface area contributed by atoms with Gasteiger partial charge in [-0.05, 0) is 54.1 Å². The Morgan fingerprint density at radius 1 is 1.03 bits per heavy atom. The van der Waals surface area contributed by atoms with Crippen LogP contribution in [0, 0.1) is 0 Å². The minimum atomic E-state index is -0.245. The van der Waals surface area contributed by atoms with Gasteiger partial charge in [-0.1, -0.05) is 30.3 Å². The summed E-state index contributed by atoms with van der Waals surface area (Å²) >= 11 is 0. The highest BCUT2D eigenvalue weighted by Gasteiger charge is 2.25. The highest BCUT2D eigenvalue weighted by molar-refractivity contribution is 6.35. The lowest BCUT2D eigenvalue weighted by Crippen LogP contribution is -2.07. The molecule has 0 bridgehead atoms. The molecule has 0 spiro atoms. The monoisotopic (exact) mass is 435 g/mol. The average Bonchev–Trinajstić information content (AvgIpc) is 3.38. The van der Waals surface area contributed by atoms with E-state index in [0.29, 0.717) is 16.9 Å². The molecule has 1 aliphatic rings. The fourth-order valence-corrected chi connectivity index (χ4v) is 3.85. The molecular weight excluding hydrogens is 414 g/mol. The normalized spacial score (nSPS) is 14.0. The van der Waals surface area contributed by atoms with E-state index in [1.54, 1.807) is 25.3 Å². The summed E-state index contributed by atoms with van der Waals surface area (Å²) in [5.41, 5.74) is 5.36. The first-order chi connectivity index (χ1) is 16.1. The first kappa shape index (κ1) is 20.3. The Hall–Kier alpha value is -4.58. The standard InChI is InChI=1S/C27H21N3O3/c1-33-20-9-11-24-21(15-20)18(16-28-24)13-23-22-14-19(8-10-25(22)30-27(23)32)29-26(31)12-7-17-5-3-2-4-6-17/h2-16,28H,1H3,(H,29,31)(H,30,32)/b12-7-,23-13?. The molecule has 3 aromatic carbocycles. The molecule has 3 N–H and O–H groups in total.